The Kier molecular flexibility index (Phi) is 4.25. The van der Waals surface area contributed by atoms with Gasteiger partial charge < -0.3 is 19.7 Å². The summed E-state index contributed by atoms with van der Waals surface area (Å²) in [7, 11) is 3.08. The third-order valence-electron chi connectivity index (χ3n) is 5.25. The Hall–Kier alpha value is -2.27. The molecule has 1 unspecified atom stereocenters. The Labute approximate surface area is 147 Å². The van der Waals surface area contributed by atoms with Gasteiger partial charge in [0.2, 0.25) is 0 Å². The van der Waals surface area contributed by atoms with E-state index in [2.05, 4.69) is 22.3 Å². The summed E-state index contributed by atoms with van der Waals surface area (Å²) in [6.07, 6.45) is 2.21. The Morgan fingerprint density at radius 3 is 2.80 bits per heavy atom. The first-order valence-electron chi connectivity index (χ1n) is 8.73. The van der Waals surface area contributed by atoms with Crippen molar-refractivity contribution in [2.45, 2.75) is 18.9 Å². The number of benzene rings is 2. The quantitative estimate of drug-likeness (QED) is 0.929. The lowest BCUT2D eigenvalue weighted by Gasteiger charge is -2.25. The fourth-order valence-electron chi connectivity index (χ4n) is 3.99. The third-order valence-corrected chi connectivity index (χ3v) is 5.25. The molecule has 4 nitrogen and oxygen atoms in total. The van der Waals surface area contributed by atoms with E-state index in [4.69, 9.17) is 9.47 Å². The minimum absolute atomic E-state index is 0.330. The predicted molar refractivity (Wildman–Crippen MR) is 97.3 cm³/mol. The van der Waals surface area contributed by atoms with Crippen molar-refractivity contribution >= 4 is 5.69 Å². The first-order valence-corrected chi connectivity index (χ1v) is 8.73. The number of nitrogens with one attached hydrogen (secondary N) is 1. The standard InChI is InChI=1S/C20H23FN2O2/c1-24-16-11-17(21)20(19(12-16)25-2)14-4-3-13-9-15-5-6-22-7-8-23(15)18(13)10-14/h3-4,10-12,15,22H,5-9H2,1-2H3. The second-order valence-electron chi connectivity index (χ2n) is 6.62. The molecule has 1 saturated heterocycles. The van der Waals surface area contributed by atoms with Crippen LogP contribution in [0.1, 0.15) is 12.0 Å². The smallest absolute Gasteiger partial charge is 0.138 e. The molecule has 2 aliphatic heterocycles. The van der Waals surface area contributed by atoms with Crippen molar-refractivity contribution in [2.75, 3.05) is 38.8 Å². The maximum Gasteiger partial charge on any atom is 0.138 e. The fourth-order valence-corrected chi connectivity index (χ4v) is 3.99. The maximum absolute atomic E-state index is 14.7. The van der Waals surface area contributed by atoms with E-state index in [9.17, 15) is 4.39 Å². The van der Waals surface area contributed by atoms with Gasteiger partial charge in [0.05, 0.1) is 19.8 Å². The fraction of sp³-hybridized carbons (Fsp3) is 0.400. The number of fused-ring (bicyclic) bond motifs is 3. The van der Waals surface area contributed by atoms with Gasteiger partial charge in [0.25, 0.3) is 0 Å². The number of nitrogens with zero attached hydrogens (tertiary/aromatic N) is 1. The summed E-state index contributed by atoms with van der Waals surface area (Å²) < 4.78 is 25.3. The molecular formula is C20H23FN2O2. The minimum Gasteiger partial charge on any atom is -0.497 e. The van der Waals surface area contributed by atoms with Gasteiger partial charge in [0.1, 0.15) is 17.3 Å². The zero-order valence-corrected chi connectivity index (χ0v) is 14.6. The Morgan fingerprint density at radius 1 is 1.12 bits per heavy atom. The molecule has 4 rings (SSSR count). The molecular weight excluding hydrogens is 319 g/mol. The molecule has 2 heterocycles. The molecule has 2 aromatic carbocycles. The Bertz CT molecular complexity index is 794. The largest absolute Gasteiger partial charge is 0.497 e. The van der Waals surface area contributed by atoms with E-state index >= 15 is 0 Å². The van der Waals surface area contributed by atoms with E-state index in [0.717, 1.165) is 38.0 Å². The van der Waals surface area contributed by atoms with Gasteiger partial charge in [-0.2, -0.15) is 0 Å². The summed E-state index contributed by atoms with van der Waals surface area (Å²) in [5.74, 6) is 0.616. The SMILES string of the molecule is COc1cc(F)c(-c2ccc3c(c2)N2CCNCCC2C3)c(OC)c1. The first kappa shape index (κ1) is 16.2. The molecule has 5 heteroatoms. The van der Waals surface area contributed by atoms with Crippen LogP contribution in [-0.2, 0) is 6.42 Å². The van der Waals surface area contributed by atoms with Crippen molar-refractivity contribution in [3.63, 3.8) is 0 Å². The van der Waals surface area contributed by atoms with Gasteiger partial charge in [-0.3, -0.25) is 0 Å². The molecule has 0 saturated carbocycles. The van der Waals surface area contributed by atoms with Crippen molar-refractivity contribution in [3.05, 3.63) is 41.7 Å². The number of anilines is 1. The molecule has 25 heavy (non-hydrogen) atoms. The molecule has 1 atom stereocenters. The van der Waals surface area contributed by atoms with Gasteiger partial charge in [0.15, 0.2) is 0 Å². The first-order chi connectivity index (χ1) is 12.2. The van der Waals surface area contributed by atoms with Gasteiger partial charge >= 0.3 is 0 Å². The van der Waals surface area contributed by atoms with Crippen LogP contribution in [0.3, 0.4) is 0 Å². The minimum atomic E-state index is -0.330. The van der Waals surface area contributed by atoms with Crippen LogP contribution in [0.5, 0.6) is 11.5 Å². The van der Waals surface area contributed by atoms with Crippen LogP contribution in [0.4, 0.5) is 10.1 Å². The third kappa shape index (κ3) is 2.82. The van der Waals surface area contributed by atoms with Crippen molar-refractivity contribution in [2.24, 2.45) is 0 Å². The molecule has 1 N–H and O–H groups in total. The van der Waals surface area contributed by atoms with E-state index in [-0.39, 0.29) is 5.82 Å². The molecule has 0 spiro atoms. The molecule has 0 radical (unpaired) electrons. The molecule has 1 fully saturated rings. The molecule has 2 aliphatic rings. The van der Waals surface area contributed by atoms with Gasteiger partial charge in [-0.25, -0.2) is 4.39 Å². The highest BCUT2D eigenvalue weighted by Crippen LogP contribution is 2.41. The Balaban J connectivity index is 1.78. The van der Waals surface area contributed by atoms with Gasteiger partial charge in [0, 0.05) is 37.0 Å². The highest BCUT2D eigenvalue weighted by molar-refractivity contribution is 5.77. The van der Waals surface area contributed by atoms with Crippen LogP contribution in [0, 0.1) is 5.82 Å². The zero-order valence-electron chi connectivity index (χ0n) is 14.6. The highest BCUT2D eigenvalue weighted by atomic mass is 19.1. The normalized spacial score (nSPS) is 19.2. The average molecular weight is 342 g/mol. The van der Waals surface area contributed by atoms with Gasteiger partial charge in [-0.1, -0.05) is 12.1 Å². The number of hydrogen-bond acceptors (Lipinski definition) is 4. The van der Waals surface area contributed by atoms with E-state index < -0.39 is 0 Å². The number of rotatable bonds is 3. The van der Waals surface area contributed by atoms with Crippen LogP contribution < -0.4 is 19.7 Å². The number of halogens is 1. The molecule has 0 aromatic heterocycles. The van der Waals surface area contributed by atoms with E-state index in [1.165, 1.54) is 24.4 Å². The Morgan fingerprint density at radius 2 is 2.00 bits per heavy atom. The molecule has 132 valence electrons. The summed E-state index contributed by atoms with van der Waals surface area (Å²) in [6, 6.07) is 9.91. The molecule has 0 bridgehead atoms. The van der Waals surface area contributed by atoms with Crippen molar-refractivity contribution in [1.29, 1.82) is 0 Å². The van der Waals surface area contributed by atoms with Crippen LogP contribution in [0.15, 0.2) is 30.3 Å². The lowest BCUT2D eigenvalue weighted by molar-refractivity contribution is 0.390. The summed E-state index contributed by atoms with van der Waals surface area (Å²) in [6.45, 7) is 3.03. The highest BCUT2D eigenvalue weighted by Gasteiger charge is 2.30. The van der Waals surface area contributed by atoms with Crippen molar-refractivity contribution in [1.82, 2.24) is 5.32 Å². The average Bonchev–Trinajstić information content (AvgIpc) is 2.81. The van der Waals surface area contributed by atoms with Crippen LogP contribution >= 0.6 is 0 Å². The summed E-state index contributed by atoms with van der Waals surface area (Å²) in [5, 5.41) is 3.46. The lowest BCUT2D eigenvalue weighted by Crippen LogP contribution is -2.32. The van der Waals surface area contributed by atoms with Crippen molar-refractivity contribution < 1.29 is 13.9 Å². The van der Waals surface area contributed by atoms with Crippen LogP contribution in [-0.4, -0.2) is 39.9 Å². The number of methoxy groups -OCH3 is 2. The number of hydrogen-bond donors (Lipinski definition) is 1. The molecule has 0 amide bonds. The second-order valence-corrected chi connectivity index (χ2v) is 6.62. The lowest BCUT2D eigenvalue weighted by atomic mass is 10.00. The van der Waals surface area contributed by atoms with Gasteiger partial charge in [-0.15, -0.1) is 0 Å². The van der Waals surface area contributed by atoms with E-state index in [0.29, 0.717) is 23.1 Å². The van der Waals surface area contributed by atoms with Gasteiger partial charge in [-0.05, 0) is 36.6 Å². The molecule has 0 aliphatic carbocycles. The summed E-state index contributed by atoms with van der Waals surface area (Å²) in [4.78, 5) is 2.47. The van der Waals surface area contributed by atoms with Crippen LogP contribution in [0.25, 0.3) is 11.1 Å². The number of ether oxygens (including phenoxy) is 2. The summed E-state index contributed by atoms with van der Waals surface area (Å²) >= 11 is 0. The monoisotopic (exact) mass is 342 g/mol. The molecule has 2 aromatic rings. The topological polar surface area (TPSA) is 33.7 Å². The van der Waals surface area contributed by atoms with Crippen LogP contribution in [0.2, 0.25) is 0 Å². The zero-order chi connectivity index (χ0) is 17.4. The predicted octanol–water partition coefficient (Wildman–Crippen LogP) is 3.23. The van der Waals surface area contributed by atoms with E-state index in [1.807, 2.05) is 6.07 Å². The summed E-state index contributed by atoms with van der Waals surface area (Å²) in [5.41, 5.74) is 3.91. The second kappa shape index (κ2) is 6.56. The van der Waals surface area contributed by atoms with E-state index in [1.54, 1.807) is 13.2 Å². The maximum atomic E-state index is 14.7. The van der Waals surface area contributed by atoms with Crippen molar-refractivity contribution in [3.8, 4) is 22.6 Å².